The van der Waals surface area contributed by atoms with Crippen molar-refractivity contribution in [1.29, 1.82) is 0 Å². The van der Waals surface area contributed by atoms with Gasteiger partial charge >= 0.3 is 6.18 Å². The van der Waals surface area contributed by atoms with Crippen molar-refractivity contribution < 1.29 is 22.6 Å². The Labute approximate surface area is 84.8 Å². The number of hydrogen-bond donors (Lipinski definition) is 0. The normalized spacial score (nSPS) is 11.2. The molecule has 0 radical (unpaired) electrons. The SMILES string of the molecule is CCOc1ncccc1OCC(F)(F)F. The summed E-state index contributed by atoms with van der Waals surface area (Å²) in [6.45, 7) is 0.681. The van der Waals surface area contributed by atoms with Crippen LogP contribution in [0.3, 0.4) is 0 Å². The Morgan fingerprint density at radius 1 is 1.33 bits per heavy atom. The van der Waals surface area contributed by atoms with Crippen molar-refractivity contribution in [3.05, 3.63) is 18.3 Å². The number of hydrogen-bond acceptors (Lipinski definition) is 3. The van der Waals surface area contributed by atoms with Crippen molar-refractivity contribution >= 4 is 0 Å². The maximum absolute atomic E-state index is 11.9. The summed E-state index contributed by atoms with van der Waals surface area (Å²) in [4.78, 5) is 3.75. The molecule has 3 nitrogen and oxygen atoms in total. The van der Waals surface area contributed by atoms with Gasteiger partial charge in [-0.15, -0.1) is 0 Å². The first-order valence-corrected chi connectivity index (χ1v) is 4.30. The third-order valence-corrected chi connectivity index (χ3v) is 1.41. The van der Waals surface area contributed by atoms with Gasteiger partial charge in [-0.1, -0.05) is 0 Å². The Bertz CT molecular complexity index is 314. The highest BCUT2D eigenvalue weighted by molar-refractivity contribution is 5.32. The van der Waals surface area contributed by atoms with Gasteiger partial charge in [-0.25, -0.2) is 4.98 Å². The van der Waals surface area contributed by atoms with E-state index in [1.807, 2.05) is 0 Å². The fourth-order valence-electron chi connectivity index (χ4n) is 0.891. The first-order valence-electron chi connectivity index (χ1n) is 4.30. The van der Waals surface area contributed by atoms with Gasteiger partial charge in [0.1, 0.15) is 0 Å². The standard InChI is InChI=1S/C9H10F3NO2/c1-2-14-8-7(4-3-5-13-8)15-6-9(10,11)12/h3-5H,2,6H2,1H3. The molecule has 0 atom stereocenters. The third kappa shape index (κ3) is 4.05. The molecule has 0 spiro atoms. The van der Waals surface area contributed by atoms with E-state index in [2.05, 4.69) is 9.72 Å². The zero-order valence-corrected chi connectivity index (χ0v) is 8.04. The average Bonchev–Trinajstić information content (AvgIpc) is 2.16. The lowest BCUT2D eigenvalue weighted by atomic mass is 10.4. The van der Waals surface area contributed by atoms with Crippen molar-refractivity contribution in [2.45, 2.75) is 13.1 Å². The largest absolute Gasteiger partial charge is 0.478 e. The molecule has 0 bridgehead atoms. The van der Waals surface area contributed by atoms with Gasteiger partial charge in [-0.2, -0.15) is 13.2 Å². The number of alkyl halides is 3. The van der Waals surface area contributed by atoms with Crippen molar-refractivity contribution in [3.63, 3.8) is 0 Å². The molecule has 1 rings (SSSR count). The van der Waals surface area contributed by atoms with Gasteiger partial charge in [0.05, 0.1) is 6.61 Å². The monoisotopic (exact) mass is 221 g/mol. The van der Waals surface area contributed by atoms with Crippen LogP contribution in [0.4, 0.5) is 13.2 Å². The molecular formula is C9H10F3NO2. The predicted octanol–water partition coefficient (Wildman–Crippen LogP) is 2.42. The van der Waals surface area contributed by atoms with Gasteiger partial charge in [-0.3, -0.25) is 0 Å². The second-order valence-corrected chi connectivity index (χ2v) is 2.64. The topological polar surface area (TPSA) is 31.4 Å². The molecule has 0 aliphatic carbocycles. The molecular weight excluding hydrogens is 211 g/mol. The summed E-state index contributed by atoms with van der Waals surface area (Å²) in [7, 11) is 0. The maximum Gasteiger partial charge on any atom is 0.422 e. The van der Waals surface area contributed by atoms with Gasteiger partial charge < -0.3 is 9.47 Å². The minimum Gasteiger partial charge on any atom is -0.478 e. The molecule has 0 unspecified atom stereocenters. The molecule has 0 amide bonds. The lowest BCUT2D eigenvalue weighted by Crippen LogP contribution is -2.19. The molecule has 1 aromatic rings. The van der Waals surface area contributed by atoms with E-state index in [0.717, 1.165) is 0 Å². The molecule has 0 aliphatic rings. The Morgan fingerprint density at radius 3 is 2.67 bits per heavy atom. The molecule has 84 valence electrons. The van der Waals surface area contributed by atoms with Gasteiger partial charge in [0.25, 0.3) is 5.88 Å². The maximum atomic E-state index is 11.9. The van der Waals surface area contributed by atoms with Gasteiger partial charge in [-0.05, 0) is 19.1 Å². The summed E-state index contributed by atoms with van der Waals surface area (Å²) >= 11 is 0. The molecule has 0 saturated carbocycles. The molecule has 1 heterocycles. The Hall–Kier alpha value is -1.46. The number of halogens is 3. The zero-order valence-electron chi connectivity index (χ0n) is 8.04. The fraction of sp³-hybridized carbons (Fsp3) is 0.444. The zero-order chi connectivity index (χ0) is 11.3. The van der Waals surface area contributed by atoms with Crippen molar-refractivity contribution in [2.24, 2.45) is 0 Å². The molecule has 0 aromatic carbocycles. The highest BCUT2D eigenvalue weighted by Gasteiger charge is 2.29. The van der Waals surface area contributed by atoms with E-state index in [0.29, 0.717) is 6.61 Å². The van der Waals surface area contributed by atoms with Crippen molar-refractivity contribution in [2.75, 3.05) is 13.2 Å². The first-order chi connectivity index (χ1) is 7.03. The van der Waals surface area contributed by atoms with Crippen LogP contribution in [0.1, 0.15) is 6.92 Å². The van der Waals surface area contributed by atoms with E-state index >= 15 is 0 Å². The van der Waals surface area contributed by atoms with Crippen molar-refractivity contribution in [1.82, 2.24) is 4.98 Å². The van der Waals surface area contributed by atoms with Crippen LogP contribution in [0.25, 0.3) is 0 Å². The molecule has 0 saturated heterocycles. The fourth-order valence-corrected chi connectivity index (χ4v) is 0.891. The average molecular weight is 221 g/mol. The van der Waals surface area contributed by atoms with Crippen LogP contribution in [0.5, 0.6) is 11.6 Å². The molecule has 1 aromatic heterocycles. The van der Waals surface area contributed by atoms with Crippen molar-refractivity contribution in [3.8, 4) is 11.6 Å². The number of ether oxygens (including phenoxy) is 2. The van der Waals surface area contributed by atoms with Gasteiger partial charge in [0.2, 0.25) is 0 Å². The number of aromatic nitrogens is 1. The minimum absolute atomic E-state index is 0.00308. The van der Waals surface area contributed by atoms with E-state index < -0.39 is 12.8 Å². The molecule has 0 fully saturated rings. The van der Waals surface area contributed by atoms with E-state index in [9.17, 15) is 13.2 Å². The van der Waals surface area contributed by atoms with Crippen LogP contribution in [-0.4, -0.2) is 24.4 Å². The number of nitrogens with zero attached hydrogens (tertiary/aromatic N) is 1. The Kier molecular flexibility index (Phi) is 3.76. The van der Waals surface area contributed by atoms with E-state index in [1.54, 1.807) is 6.92 Å². The summed E-state index contributed by atoms with van der Waals surface area (Å²) in [6, 6.07) is 2.86. The minimum atomic E-state index is -4.36. The number of rotatable bonds is 4. The summed E-state index contributed by atoms with van der Waals surface area (Å²) in [5, 5.41) is 0. The quantitative estimate of drug-likeness (QED) is 0.782. The van der Waals surface area contributed by atoms with Crippen LogP contribution < -0.4 is 9.47 Å². The molecule has 0 aliphatic heterocycles. The summed E-state index contributed by atoms with van der Waals surface area (Å²) in [6.07, 6.45) is -2.94. The lowest BCUT2D eigenvalue weighted by Gasteiger charge is -2.11. The summed E-state index contributed by atoms with van der Waals surface area (Å²) in [5.41, 5.74) is 0. The van der Waals surface area contributed by atoms with Crippen LogP contribution in [0.2, 0.25) is 0 Å². The predicted molar refractivity (Wildman–Crippen MR) is 47.0 cm³/mol. The second kappa shape index (κ2) is 4.86. The van der Waals surface area contributed by atoms with Crippen LogP contribution in [0.15, 0.2) is 18.3 Å². The summed E-state index contributed by atoms with van der Waals surface area (Å²) in [5.74, 6) is 0.0703. The van der Waals surface area contributed by atoms with E-state index in [1.165, 1.54) is 18.3 Å². The smallest absolute Gasteiger partial charge is 0.422 e. The van der Waals surface area contributed by atoms with Gasteiger partial charge in [0, 0.05) is 6.20 Å². The summed E-state index contributed by atoms with van der Waals surface area (Å²) < 4.78 is 45.2. The van der Waals surface area contributed by atoms with Crippen LogP contribution in [0, 0.1) is 0 Å². The molecule has 0 N–H and O–H groups in total. The molecule has 6 heteroatoms. The second-order valence-electron chi connectivity index (χ2n) is 2.64. The van der Waals surface area contributed by atoms with Crippen LogP contribution in [-0.2, 0) is 0 Å². The lowest BCUT2D eigenvalue weighted by molar-refractivity contribution is -0.153. The highest BCUT2D eigenvalue weighted by atomic mass is 19.4. The van der Waals surface area contributed by atoms with Gasteiger partial charge in [0.15, 0.2) is 12.4 Å². The Balaban J connectivity index is 2.67. The van der Waals surface area contributed by atoms with E-state index in [-0.39, 0.29) is 11.6 Å². The molecule has 15 heavy (non-hydrogen) atoms. The first kappa shape index (κ1) is 11.6. The van der Waals surface area contributed by atoms with Crippen LogP contribution >= 0.6 is 0 Å². The highest BCUT2D eigenvalue weighted by Crippen LogP contribution is 2.25. The van der Waals surface area contributed by atoms with E-state index in [4.69, 9.17) is 4.74 Å². The third-order valence-electron chi connectivity index (χ3n) is 1.41. The Morgan fingerprint density at radius 2 is 2.07 bits per heavy atom. The number of pyridine rings is 1.